The molecule has 5 heteroatoms. The summed E-state index contributed by atoms with van der Waals surface area (Å²) in [5.41, 5.74) is 6.67. The Balaban J connectivity index is 2.00. The van der Waals surface area contributed by atoms with Gasteiger partial charge in [0.05, 0.1) is 9.87 Å². The molecule has 0 aromatic carbocycles. The van der Waals surface area contributed by atoms with E-state index in [-0.39, 0.29) is 11.3 Å². The van der Waals surface area contributed by atoms with Crippen molar-refractivity contribution in [3.05, 3.63) is 21.4 Å². The fourth-order valence-electron chi connectivity index (χ4n) is 2.08. The summed E-state index contributed by atoms with van der Waals surface area (Å²) in [5.74, 6) is -0.0104. The van der Waals surface area contributed by atoms with Gasteiger partial charge < -0.3 is 11.1 Å². The quantitative estimate of drug-likeness (QED) is 0.840. The fraction of sp³-hybridized carbons (Fsp3) is 0.571. The summed E-state index contributed by atoms with van der Waals surface area (Å²) < 4.78 is 0. The second-order valence-corrected chi connectivity index (χ2v) is 7.27. The highest BCUT2D eigenvalue weighted by molar-refractivity contribution is 7.80. The van der Waals surface area contributed by atoms with Gasteiger partial charge in [-0.15, -0.1) is 11.3 Å². The molecule has 0 aliphatic heterocycles. The minimum absolute atomic E-state index is 0.0104. The number of carbonyl (C=O) groups is 1. The predicted octanol–water partition coefficient (Wildman–Crippen LogP) is 2.67. The van der Waals surface area contributed by atoms with E-state index < -0.39 is 0 Å². The van der Waals surface area contributed by atoms with Crippen molar-refractivity contribution >= 4 is 34.5 Å². The zero-order chi connectivity index (χ0) is 14.0. The Morgan fingerprint density at radius 2 is 2.16 bits per heavy atom. The third-order valence-corrected chi connectivity index (χ3v) is 5.37. The maximum absolute atomic E-state index is 12.1. The molecule has 19 heavy (non-hydrogen) atoms. The first-order valence-electron chi connectivity index (χ1n) is 6.60. The van der Waals surface area contributed by atoms with Gasteiger partial charge in [0.2, 0.25) is 0 Å². The molecule has 3 N–H and O–H groups in total. The minimum atomic E-state index is -0.345. The normalized spacial score (nSPS) is 14.8. The molecule has 0 atom stereocenters. The van der Waals surface area contributed by atoms with Crippen LogP contribution in [0.1, 0.15) is 46.8 Å². The van der Waals surface area contributed by atoms with Crippen molar-refractivity contribution in [3.8, 4) is 0 Å². The maximum atomic E-state index is 12.1. The molecule has 2 rings (SSSR count). The lowest BCUT2D eigenvalue weighted by Gasteiger charge is -2.23. The van der Waals surface area contributed by atoms with Gasteiger partial charge in [-0.2, -0.15) is 0 Å². The largest absolute Gasteiger partial charge is 0.393 e. The number of aryl methyl sites for hydroxylation is 2. The van der Waals surface area contributed by atoms with Crippen LogP contribution in [0.3, 0.4) is 0 Å². The van der Waals surface area contributed by atoms with E-state index >= 15 is 0 Å². The molecule has 104 valence electrons. The number of amides is 1. The van der Waals surface area contributed by atoms with E-state index in [1.165, 1.54) is 23.3 Å². The summed E-state index contributed by atoms with van der Waals surface area (Å²) in [4.78, 5) is 14.8. The molecule has 1 aromatic heterocycles. The van der Waals surface area contributed by atoms with Crippen molar-refractivity contribution in [3.63, 3.8) is 0 Å². The molecule has 3 nitrogen and oxygen atoms in total. The van der Waals surface area contributed by atoms with Crippen LogP contribution >= 0.6 is 23.6 Å². The van der Waals surface area contributed by atoms with Gasteiger partial charge in [-0.05, 0) is 37.3 Å². The topological polar surface area (TPSA) is 55.1 Å². The predicted molar refractivity (Wildman–Crippen MR) is 83.9 cm³/mol. The molecular formula is C14H20N2OS2. The summed E-state index contributed by atoms with van der Waals surface area (Å²) in [5, 5.41) is 2.93. The standard InChI is InChI=1S/C14H20N2OS2/c1-14(2,13(15)18)8-16-12(17)11-7-9-5-3-4-6-10(9)19-11/h7H,3-6,8H2,1-2H3,(H2,15,18)(H,16,17). The molecule has 1 amide bonds. The third-order valence-electron chi connectivity index (χ3n) is 3.58. The molecular weight excluding hydrogens is 276 g/mol. The molecule has 1 aliphatic rings. The van der Waals surface area contributed by atoms with Crippen LogP contribution in [0.2, 0.25) is 0 Å². The van der Waals surface area contributed by atoms with Crippen molar-refractivity contribution in [2.45, 2.75) is 39.5 Å². The van der Waals surface area contributed by atoms with Gasteiger partial charge in [-0.25, -0.2) is 0 Å². The molecule has 0 fully saturated rings. The highest BCUT2D eigenvalue weighted by Crippen LogP contribution is 2.29. The van der Waals surface area contributed by atoms with E-state index in [0.29, 0.717) is 11.5 Å². The summed E-state index contributed by atoms with van der Waals surface area (Å²) in [6.07, 6.45) is 4.70. The van der Waals surface area contributed by atoms with Gasteiger partial charge in [-0.3, -0.25) is 4.79 Å². The molecule has 0 unspecified atom stereocenters. The Morgan fingerprint density at radius 3 is 2.79 bits per heavy atom. The number of nitrogens with two attached hydrogens (primary N) is 1. The number of nitrogens with one attached hydrogen (secondary N) is 1. The second-order valence-electron chi connectivity index (χ2n) is 5.70. The van der Waals surface area contributed by atoms with Crippen molar-refractivity contribution < 1.29 is 4.79 Å². The van der Waals surface area contributed by atoms with Gasteiger partial charge in [0.15, 0.2) is 0 Å². The van der Waals surface area contributed by atoms with Crippen LogP contribution in [0.25, 0.3) is 0 Å². The third kappa shape index (κ3) is 3.34. The van der Waals surface area contributed by atoms with Crippen LogP contribution in [0.5, 0.6) is 0 Å². The Kier molecular flexibility index (Phi) is 4.26. The van der Waals surface area contributed by atoms with Gasteiger partial charge in [0.1, 0.15) is 0 Å². The summed E-state index contributed by atoms with van der Waals surface area (Å²) in [6, 6.07) is 2.04. The summed E-state index contributed by atoms with van der Waals surface area (Å²) in [7, 11) is 0. The number of fused-ring (bicyclic) bond motifs is 1. The van der Waals surface area contributed by atoms with Crippen LogP contribution in [0.4, 0.5) is 0 Å². The number of carbonyl (C=O) groups excluding carboxylic acids is 1. The smallest absolute Gasteiger partial charge is 0.261 e. The molecule has 1 aliphatic carbocycles. The monoisotopic (exact) mass is 296 g/mol. The molecule has 1 heterocycles. The first-order chi connectivity index (χ1) is 8.90. The van der Waals surface area contributed by atoms with Crippen LogP contribution in [-0.2, 0) is 12.8 Å². The van der Waals surface area contributed by atoms with E-state index in [1.807, 2.05) is 19.9 Å². The zero-order valence-electron chi connectivity index (χ0n) is 11.4. The summed E-state index contributed by atoms with van der Waals surface area (Å²) >= 11 is 6.63. The number of hydrogen-bond donors (Lipinski definition) is 2. The van der Waals surface area contributed by atoms with Gasteiger partial charge >= 0.3 is 0 Å². The van der Waals surface area contributed by atoms with Crippen LogP contribution in [-0.4, -0.2) is 17.4 Å². The Labute approximate surface area is 123 Å². The molecule has 1 aromatic rings. The average molecular weight is 296 g/mol. The minimum Gasteiger partial charge on any atom is -0.393 e. The van der Waals surface area contributed by atoms with Crippen molar-refractivity contribution in [2.24, 2.45) is 11.1 Å². The zero-order valence-corrected chi connectivity index (χ0v) is 13.0. The van der Waals surface area contributed by atoms with Crippen LogP contribution in [0.15, 0.2) is 6.07 Å². The number of thiocarbonyl (C=S) groups is 1. The fourth-order valence-corrected chi connectivity index (χ4v) is 3.32. The van der Waals surface area contributed by atoms with E-state index in [9.17, 15) is 4.79 Å². The van der Waals surface area contributed by atoms with Crippen LogP contribution in [0, 0.1) is 5.41 Å². The lowest BCUT2D eigenvalue weighted by atomic mass is 9.93. The van der Waals surface area contributed by atoms with Gasteiger partial charge in [0, 0.05) is 16.8 Å². The van der Waals surface area contributed by atoms with E-state index in [4.69, 9.17) is 18.0 Å². The molecule has 0 saturated heterocycles. The molecule has 0 saturated carbocycles. The molecule has 0 spiro atoms. The van der Waals surface area contributed by atoms with Crippen LogP contribution < -0.4 is 11.1 Å². The SMILES string of the molecule is CC(C)(CNC(=O)c1cc2c(s1)CCCC2)C(N)=S. The van der Waals surface area contributed by atoms with E-state index in [0.717, 1.165) is 17.7 Å². The van der Waals surface area contributed by atoms with Crippen molar-refractivity contribution in [2.75, 3.05) is 6.54 Å². The average Bonchev–Trinajstić information content (AvgIpc) is 2.79. The highest BCUT2D eigenvalue weighted by Gasteiger charge is 2.23. The number of thiophene rings is 1. The Morgan fingerprint density at radius 1 is 1.47 bits per heavy atom. The maximum Gasteiger partial charge on any atom is 0.261 e. The number of rotatable bonds is 4. The van der Waals surface area contributed by atoms with E-state index in [1.54, 1.807) is 11.3 Å². The second kappa shape index (κ2) is 5.59. The lowest BCUT2D eigenvalue weighted by molar-refractivity contribution is 0.0949. The van der Waals surface area contributed by atoms with E-state index in [2.05, 4.69) is 5.32 Å². The number of hydrogen-bond acceptors (Lipinski definition) is 3. The highest BCUT2D eigenvalue weighted by atomic mass is 32.1. The first-order valence-corrected chi connectivity index (χ1v) is 7.82. The molecule has 0 bridgehead atoms. The Bertz CT molecular complexity index is 482. The first kappa shape index (κ1) is 14.5. The van der Waals surface area contributed by atoms with Crippen molar-refractivity contribution in [1.29, 1.82) is 0 Å². The summed E-state index contributed by atoms with van der Waals surface area (Å²) in [6.45, 7) is 4.36. The van der Waals surface area contributed by atoms with Gasteiger partial charge in [0.25, 0.3) is 5.91 Å². The molecule has 0 radical (unpaired) electrons. The Hall–Kier alpha value is -0.940. The van der Waals surface area contributed by atoms with Gasteiger partial charge in [-0.1, -0.05) is 26.1 Å². The lowest BCUT2D eigenvalue weighted by Crippen LogP contribution is -2.41. The van der Waals surface area contributed by atoms with Crippen molar-refractivity contribution in [1.82, 2.24) is 5.32 Å².